The first kappa shape index (κ1) is 15.1. The molecule has 1 aromatic carbocycles. The second-order valence-electron chi connectivity index (χ2n) is 5.72. The molecule has 1 aromatic heterocycles. The molecule has 4 nitrogen and oxygen atoms in total. The van der Waals surface area contributed by atoms with Crippen molar-refractivity contribution in [2.45, 2.75) is 31.7 Å². The summed E-state index contributed by atoms with van der Waals surface area (Å²) in [4.78, 5) is 14.3. The number of halogens is 1. The van der Waals surface area contributed by atoms with Gasteiger partial charge in [-0.15, -0.1) is 0 Å². The standard InChI is InChI=1S/C17H20ClN3O/c18-16-6-2-1-5-15(16)14-8-12-20(13-14)17(22)7-3-10-21-11-4-9-19-21/h1-2,4-6,9,11,14H,3,7-8,10,12-13H2/t14-/m1/s1. The number of amides is 1. The van der Waals surface area contributed by atoms with Crippen LogP contribution in [0.1, 0.15) is 30.7 Å². The number of hydrogen-bond donors (Lipinski definition) is 0. The maximum Gasteiger partial charge on any atom is 0.222 e. The Morgan fingerprint density at radius 2 is 2.18 bits per heavy atom. The van der Waals surface area contributed by atoms with Gasteiger partial charge < -0.3 is 4.90 Å². The van der Waals surface area contributed by atoms with Gasteiger partial charge in [0.1, 0.15) is 0 Å². The Labute approximate surface area is 135 Å². The molecule has 0 aliphatic carbocycles. The Bertz CT molecular complexity index is 627. The number of carbonyl (C=O) groups excluding carboxylic acids is 1. The van der Waals surface area contributed by atoms with Gasteiger partial charge in [0.05, 0.1) is 0 Å². The van der Waals surface area contributed by atoms with Crippen LogP contribution < -0.4 is 0 Å². The number of aromatic nitrogens is 2. The smallest absolute Gasteiger partial charge is 0.222 e. The third-order valence-corrected chi connectivity index (χ3v) is 4.57. The first-order valence-corrected chi connectivity index (χ1v) is 8.11. The number of benzene rings is 1. The number of nitrogens with zero attached hydrogens (tertiary/aromatic N) is 3. The van der Waals surface area contributed by atoms with Crippen LogP contribution in [0.15, 0.2) is 42.7 Å². The largest absolute Gasteiger partial charge is 0.342 e. The van der Waals surface area contributed by atoms with Crippen molar-refractivity contribution in [2.24, 2.45) is 0 Å². The molecule has 1 fully saturated rings. The Hall–Kier alpha value is -1.81. The van der Waals surface area contributed by atoms with Crippen LogP contribution in [0.25, 0.3) is 0 Å². The molecular formula is C17H20ClN3O. The lowest BCUT2D eigenvalue weighted by molar-refractivity contribution is -0.130. The lowest BCUT2D eigenvalue weighted by Crippen LogP contribution is -2.28. The average molecular weight is 318 g/mol. The summed E-state index contributed by atoms with van der Waals surface area (Å²) in [7, 11) is 0. The lowest BCUT2D eigenvalue weighted by Gasteiger charge is -2.17. The topological polar surface area (TPSA) is 38.1 Å². The molecule has 1 amide bonds. The van der Waals surface area contributed by atoms with Crippen LogP contribution in [-0.2, 0) is 11.3 Å². The van der Waals surface area contributed by atoms with E-state index in [1.165, 1.54) is 0 Å². The van der Waals surface area contributed by atoms with Gasteiger partial charge >= 0.3 is 0 Å². The molecule has 1 atom stereocenters. The summed E-state index contributed by atoms with van der Waals surface area (Å²) in [5, 5.41) is 4.96. The van der Waals surface area contributed by atoms with Crippen LogP contribution in [0.5, 0.6) is 0 Å². The summed E-state index contributed by atoms with van der Waals surface area (Å²) < 4.78 is 1.86. The summed E-state index contributed by atoms with van der Waals surface area (Å²) in [5.74, 6) is 0.602. The molecule has 0 saturated carbocycles. The fourth-order valence-electron chi connectivity index (χ4n) is 3.03. The minimum Gasteiger partial charge on any atom is -0.342 e. The van der Waals surface area contributed by atoms with Gasteiger partial charge in [-0.25, -0.2) is 0 Å². The molecule has 0 radical (unpaired) electrons. The Morgan fingerprint density at radius 1 is 1.32 bits per heavy atom. The van der Waals surface area contributed by atoms with Crippen LogP contribution in [-0.4, -0.2) is 33.7 Å². The van der Waals surface area contributed by atoms with Gasteiger partial charge in [0.15, 0.2) is 0 Å². The van der Waals surface area contributed by atoms with Crippen molar-refractivity contribution < 1.29 is 4.79 Å². The van der Waals surface area contributed by atoms with Crippen molar-refractivity contribution in [3.63, 3.8) is 0 Å². The third-order valence-electron chi connectivity index (χ3n) is 4.22. The zero-order valence-electron chi connectivity index (χ0n) is 12.5. The second kappa shape index (κ2) is 6.97. The molecule has 0 spiro atoms. The molecule has 1 aliphatic rings. The van der Waals surface area contributed by atoms with E-state index in [0.29, 0.717) is 12.3 Å². The van der Waals surface area contributed by atoms with Gasteiger partial charge in [0, 0.05) is 49.4 Å². The van der Waals surface area contributed by atoms with Gasteiger partial charge in [-0.3, -0.25) is 9.48 Å². The van der Waals surface area contributed by atoms with Crippen LogP contribution in [0.3, 0.4) is 0 Å². The molecular weight excluding hydrogens is 298 g/mol. The molecule has 22 heavy (non-hydrogen) atoms. The summed E-state index contributed by atoms with van der Waals surface area (Å²) in [5.41, 5.74) is 1.16. The molecule has 1 saturated heterocycles. The molecule has 3 rings (SSSR count). The molecule has 116 valence electrons. The lowest BCUT2D eigenvalue weighted by atomic mass is 9.98. The van der Waals surface area contributed by atoms with Crippen LogP contribution in [0.4, 0.5) is 0 Å². The van der Waals surface area contributed by atoms with Crippen molar-refractivity contribution in [1.29, 1.82) is 0 Å². The first-order chi connectivity index (χ1) is 10.7. The van der Waals surface area contributed by atoms with Gasteiger partial charge in [-0.05, 0) is 30.5 Å². The van der Waals surface area contributed by atoms with E-state index < -0.39 is 0 Å². The fraction of sp³-hybridized carbons (Fsp3) is 0.412. The number of hydrogen-bond acceptors (Lipinski definition) is 2. The van der Waals surface area contributed by atoms with E-state index in [2.05, 4.69) is 11.2 Å². The van der Waals surface area contributed by atoms with E-state index >= 15 is 0 Å². The van der Waals surface area contributed by atoms with E-state index in [9.17, 15) is 4.79 Å². The SMILES string of the molecule is O=C(CCCn1cccn1)N1CC[C@@H](c2ccccc2Cl)C1. The van der Waals surface area contributed by atoms with Crippen LogP contribution >= 0.6 is 11.6 Å². The van der Waals surface area contributed by atoms with Crippen molar-refractivity contribution in [3.8, 4) is 0 Å². The van der Waals surface area contributed by atoms with Crippen molar-refractivity contribution >= 4 is 17.5 Å². The highest BCUT2D eigenvalue weighted by Crippen LogP contribution is 2.32. The molecule has 2 heterocycles. The maximum absolute atomic E-state index is 12.3. The van der Waals surface area contributed by atoms with E-state index in [1.54, 1.807) is 6.20 Å². The maximum atomic E-state index is 12.3. The molecule has 0 unspecified atom stereocenters. The molecule has 2 aromatic rings. The highest BCUT2D eigenvalue weighted by molar-refractivity contribution is 6.31. The van der Waals surface area contributed by atoms with Crippen molar-refractivity contribution in [1.82, 2.24) is 14.7 Å². The number of aryl methyl sites for hydroxylation is 1. The van der Waals surface area contributed by atoms with Crippen LogP contribution in [0, 0.1) is 0 Å². The molecule has 0 bridgehead atoms. The van der Waals surface area contributed by atoms with E-state index in [-0.39, 0.29) is 5.91 Å². The van der Waals surface area contributed by atoms with Crippen molar-refractivity contribution in [2.75, 3.05) is 13.1 Å². The molecule has 5 heteroatoms. The first-order valence-electron chi connectivity index (χ1n) is 7.73. The third kappa shape index (κ3) is 3.50. The second-order valence-corrected chi connectivity index (χ2v) is 6.13. The summed E-state index contributed by atoms with van der Waals surface area (Å²) >= 11 is 6.26. The highest BCUT2D eigenvalue weighted by Gasteiger charge is 2.27. The Morgan fingerprint density at radius 3 is 2.95 bits per heavy atom. The minimum absolute atomic E-state index is 0.238. The number of likely N-dealkylation sites (tertiary alicyclic amines) is 1. The molecule has 1 aliphatic heterocycles. The highest BCUT2D eigenvalue weighted by atomic mass is 35.5. The Balaban J connectivity index is 1.49. The zero-order valence-corrected chi connectivity index (χ0v) is 13.2. The van der Waals surface area contributed by atoms with Gasteiger partial charge in [0.25, 0.3) is 0 Å². The van der Waals surface area contributed by atoms with Gasteiger partial charge in [0.2, 0.25) is 5.91 Å². The zero-order chi connectivity index (χ0) is 15.4. The summed E-state index contributed by atoms with van der Waals surface area (Å²) in [6.07, 6.45) is 6.09. The number of rotatable bonds is 5. The fourth-order valence-corrected chi connectivity index (χ4v) is 3.32. The predicted molar refractivity (Wildman–Crippen MR) is 86.9 cm³/mol. The normalized spacial score (nSPS) is 17.9. The minimum atomic E-state index is 0.238. The van der Waals surface area contributed by atoms with E-state index in [0.717, 1.165) is 43.1 Å². The van der Waals surface area contributed by atoms with E-state index in [1.807, 2.05) is 40.0 Å². The summed E-state index contributed by atoms with van der Waals surface area (Å²) in [6.45, 7) is 2.40. The van der Waals surface area contributed by atoms with Gasteiger partial charge in [-0.1, -0.05) is 29.8 Å². The van der Waals surface area contributed by atoms with Gasteiger partial charge in [-0.2, -0.15) is 5.10 Å². The van der Waals surface area contributed by atoms with E-state index in [4.69, 9.17) is 11.6 Å². The Kier molecular flexibility index (Phi) is 4.78. The number of carbonyl (C=O) groups is 1. The van der Waals surface area contributed by atoms with Crippen LogP contribution in [0.2, 0.25) is 5.02 Å². The predicted octanol–water partition coefficient (Wildman–Crippen LogP) is 3.33. The van der Waals surface area contributed by atoms with Crippen molar-refractivity contribution in [3.05, 3.63) is 53.3 Å². The summed E-state index contributed by atoms with van der Waals surface area (Å²) in [6, 6.07) is 9.84. The average Bonchev–Trinajstić information content (AvgIpc) is 3.19. The monoisotopic (exact) mass is 317 g/mol. The molecule has 0 N–H and O–H groups in total. The quantitative estimate of drug-likeness (QED) is 0.848.